The van der Waals surface area contributed by atoms with E-state index in [0.29, 0.717) is 11.5 Å². The monoisotopic (exact) mass is 353 g/mol. The highest BCUT2D eigenvalue weighted by Crippen LogP contribution is 2.26. The fraction of sp³-hybridized carbons (Fsp3) is 0.263. The van der Waals surface area contributed by atoms with Gasteiger partial charge in [0.25, 0.3) is 0 Å². The van der Waals surface area contributed by atoms with E-state index in [1.165, 1.54) is 12.1 Å². The number of benzene rings is 2. The zero-order chi connectivity index (χ0) is 18.1. The minimum atomic E-state index is -0.447. The molecular formula is C19H20FN5O. The summed E-state index contributed by atoms with van der Waals surface area (Å²) in [6.07, 6.45) is 1.91. The van der Waals surface area contributed by atoms with Crippen molar-refractivity contribution in [3.05, 3.63) is 59.4 Å². The second-order valence-electron chi connectivity index (χ2n) is 6.52. The minimum Gasteiger partial charge on any atom is -0.394 e. The Bertz CT molecular complexity index is 954. The van der Waals surface area contributed by atoms with Gasteiger partial charge in [-0.2, -0.15) is 5.10 Å². The molecule has 3 atom stereocenters. The number of aliphatic hydroxyl groups excluding tert-OH is 1. The summed E-state index contributed by atoms with van der Waals surface area (Å²) < 4.78 is 13.4. The molecule has 0 radical (unpaired) electrons. The van der Waals surface area contributed by atoms with Crippen LogP contribution >= 0.6 is 0 Å². The number of halogens is 1. The van der Waals surface area contributed by atoms with Crippen molar-refractivity contribution >= 4 is 23.2 Å². The topological polar surface area (TPSA) is 85.3 Å². The number of hydrogen-bond acceptors (Lipinski definition) is 5. The average molecular weight is 353 g/mol. The van der Waals surface area contributed by atoms with Gasteiger partial charge in [0.1, 0.15) is 5.82 Å². The molecule has 134 valence electrons. The van der Waals surface area contributed by atoms with Crippen molar-refractivity contribution in [3.8, 4) is 0 Å². The number of anilines is 1. The number of H-pyrrole nitrogens is 1. The molecule has 0 saturated carbocycles. The van der Waals surface area contributed by atoms with Crippen molar-refractivity contribution in [1.82, 2.24) is 15.4 Å². The van der Waals surface area contributed by atoms with Crippen LogP contribution in [0.5, 0.6) is 0 Å². The summed E-state index contributed by atoms with van der Waals surface area (Å²) in [7, 11) is 0. The lowest BCUT2D eigenvalue weighted by Gasteiger charge is -2.16. The molecule has 0 saturated heterocycles. The number of nitrogens with zero attached hydrogens (tertiary/aromatic N) is 2. The van der Waals surface area contributed by atoms with Gasteiger partial charge in [0, 0.05) is 12.1 Å². The summed E-state index contributed by atoms with van der Waals surface area (Å²) in [6, 6.07) is 12.0. The summed E-state index contributed by atoms with van der Waals surface area (Å²) in [6.45, 7) is 1.92. The number of rotatable bonds is 5. The molecule has 2 aromatic carbocycles. The molecule has 0 fully saturated rings. The maximum atomic E-state index is 13.4. The van der Waals surface area contributed by atoms with E-state index in [0.717, 1.165) is 16.6 Å². The van der Waals surface area contributed by atoms with E-state index in [-0.39, 0.29) is 24.4 Å². The summed E-state index contributed by atoms with van der Waals surface area (Å²) in [4.78, 5) is 7.75. The second kappa shape index (κ2) is 6.76. The van der Waals surface area contributed by atoms with Gasteiger partial charge in [0.2, 0.25) is 5.95 Å². The van der Waals surface area contributed by atoms with Crippen LogP contribution in [0.4, 0.5) is 10.3 Å². The van der Waals surface area contributed by atoms with Crippen molar-refractivity contribution in [2.75, 3.05) is 11.9 Å². The largest absolute Gasteiger partial charge is 0.394 e. The quantitative estimate of drug-likeness (QED) is 0.568. The zero-order valence-corrected chi connectivity index (χ0v) is 14.3. The third-order valence-electron chi connectivity index (χ3n) is 4.69. The minimum absolute atomic E-state index is 0.173. The van der Waals surface area contributed by atoms with E-state index in [9.17, 15) is 9.50 Å². The Kier molecular flexibility index (Phi) is 4.30. The first-order valence-electron chi connectivity index (χ1n) is 8.55. The SMILES string of the molecule is CC1NN=CC1c1ccc2nc(NC(CO)c3cccc(F)c3)[nH]c2c1. The van der Waals surface area contributed by atoms with E-state index >= 15 is 0 Å². The van der Waals surface area contributed by atoms with E-state index in [4.69, 9.17) is 0 Å². The lowest BCUT2D eigenvalue weighted by Crippen LogP contribution is -2.21. The Balaban J connectivity index is 1.59. The van der Waals surface area contributed by atoms with Crippen molar-refractivity contribution in [2.24, 2.45) is 5.10 Å². The summed E-state index contributed by atoms with van der Waals surface area (Å²) in [5.74, 6) is 0.418. The van der Waals surface area contributed by atoms with Gasteiger partial charge in [-0.15, -0.1) is 0 Å². The molecule has 4 rings (SSSR count). The van der Waals surface area contributed by atoms with Crippen molar-refractivity contribution in [1.29, 1.82) is 0 Å². The molecule has 1 aliphatic heterocycles. The molecule has 1 aliphatic rings. The number of hydrogen-bond donors (Lipinski definition) is 4. The zero-order valence-electron chi connectivity index (χ0n) is 14.3. The predicted octanol–water partition coefficient (Wildman–Crippen LogP) is 2.91. The Morgan fingerprint density at radius 1 is 1.27 bits per heavy atom. The fourth-order valence-electron chi connectivity index (χ4n) is 3.25. The number of hydrazone groups is 1. The smallest absolute Gasteiger partial charge is 0.201 e. The molecule has 26 heavy (non-hydrogen) atoms. The van der Waals surface area contributed by atoms with Gasteiger partial charge in [0.15, 0.2) is 0 Å². The van der Waals surface area contributed by atoms with Crippen molar-refractivity contribution < 1.29 is 9.50 Å². The Hall–Kier alpha value is -2.93. The predicted molar refractivity (Wildman–Crippen MR) is 99.8 cm³/mol. The maximum Gasteiger partial charge on any atom is 0.201 e. The molecule has 0 aliphatic carbocycles. The van der Waals surface area contributed by atoms with Crippen molar-refractivity contribution in [3.63, 3.8) is 0 Å². The molecule has 3 unspecified atom stereocenters. The third kappa shape index (κ3) is 3.13. The third-order valence-corrected chi connectivity index (χ3v) is 4.69. The first kappa shape index (κ1) is 16.5. The Morgan fingerprint density at radius 2 is 2.15 bits per heavy atom. The molecule has 0 amide bonds. The first-order valence-corrected chi connectivity index (χ1v) is 8.55. The lowest BCUT2D eigenvalue weighted by atomic mass is 9.94. The number of imidazole rings is 1. The summed E-state index contributed by atoms with van der Waals surface area (Å²) >= 11 is 0. The average Bonchev–Trinajstić information content (AvgIpc) is 3.24. The van der Waals surface area contributed by atoms with E-state index in [2.05, 4.69) is 38.8 Å². The van der Waals surface area contributed by atoms with Crippen LogP contribution in [0.15, 0.2) is 47.6 Å². The van der Waals surface area contributed by atoms with Gasteiger partial charge in [-0.25, -0.2) is 9.37 Å². The molecule has 2 heterocycles. The van der Waals surface area contributed by atoms with E-state index in [1.807, 2.05) is 18.3 Å². The van der Waals surface area contributed by atoms with Gasteiger partial charge in [-0.3, -0.25) is 0 Å². The van der Waals surface area contributed by atoms with Gasteiger partial charge < -0.3 is 20.8 Å². The highest BCUT2D eigenvalue weighted by atomic mass is 19.1. The van der Waals surface area contributed by atoms with Crippen molar-refractivity contribution in [2.45, 2.75) is 24.9 Å². The van der Waals surface area contributed by atoms with Crippen LogP contribution in [0, 0.1) is 5.82 Å². The maximum absolute atomic E-state index is 13.4. The highest BCUT2D eigenvalue weighted by Gasteiger charge is 2.22. The van der Waals surface area contributed by atoms with Gasteiger partial charge >= 0.3 is 0 Å². The van der Waals surface area contributed by atoms with Gasteiger partial charge in [-0.1, -0.05) is 18.2 Å². The number of aromatic nitrogens is 2. The standard InChI is InChI=1S/C19H20FN5O/c1-11-15(9-21-25-11)12-5-6-16-17(8-12)23-19(22-16)24-18(10-26)13-3-2-4-14(20)7-13/h2-9,11,15,18,25-26H,10H2,1H3,(H2,22,23,24). The van der Waals surface area contributed by atoms with E-state index in [1.54, 1.807) is 12.1 Å². The molecule has 4 N–H and O–H groups in total. The molecule has 6 nitrogen and oxygen atoms in total. The number of aromatic amines is 1. The first-order chi connectivity index (χ1) is 12.6. The highest BCUT2D eigenvalue weighted by molar-refractivity contribution is 5.81. The second-order valence-corrected chi connectivity index (χ2v) is 6.52. The van der Waals surface area contributed by atoms with Crippen LogP contribution in [0.3, 0.4) is 0 Å². The van der Waals surface area contributed by atoms with Crippen LogP contribution < -0.4 is 10.7 Å². The van der Waals surface area contributed by atoms with Gasteiger partial charge in [-0.05, 0) is 42.3 Å². The summed E-state index contributed by atoms with van der Waals surface area (Å²) in [5, 5.41) is 16.9. The normalized spacial score (nSPS) is 20.3. The number of nitrogens with one attached hydrogen (secondary N) is 3. The van der Waals surface area contributed by atoms with Crippen LogP contribution in [0.25, 0.3) is 11.0 Å². The molecule has 0 spiro atoms. The van der Waals surface area contributed by atoms with E-state index < -0.39 is 6.04 Å². The van der Waals surface area contributed by atoms with Crippen LogP contribution in [-0.2, 0) is 0 Å². The molecule has 1 aromatic heterocycles. The summed E-state index contributed by atoms with van der Waals surface area (Å²) in [5.41, 5.74) is 6.58. The van der Waals surface area contributed by atoms with Crippen LogP contribution in [0.2, 0.25) is 0 Å². The van der Waals surface area contributed by atoms with Gasteiger partial charge in [0.05, 0.1) is 29.7 Å². The van der Waals surface area contributed by atoms with Crippen LogP contribution in [0.1, 0.15) is 30.0 Å². The molecule has 0 bridgehead atoms. The number of aliphatic hydroxyl groups is 1. The molecule has 7 heteroatoms. The Labute approximate surface area is 150 Å². The fourth-order valence-corrected chi connectivity index (χ4v) is 3.25. The Morgan fingerprint density at radius 3 is 2.88 bits per heavy atom. The molecular weight excluding hydrogens is 333 g/mol. The molecule has 3 aromatic rings. The number of fused-ring (bicyclic) bond motifs is 1. The lowest BCUT2D eigenvalue weighted by molar-refractivity contribution is 0.275. The van der Waals surface area contributed by atoms with Crippen LogP contribution in [-0.4, -0.2) is 33.9 Å².